The average molecular weight is 1160 g/mol. The molecule has 0 spiro atoms. The van der Waals surface area contributed by atoms with Crippen LogP contribution in [0.3, 0.4) is 0 Å². The predicted octanol–water partition coefficient (Wildman–Crippen LogP) is 24.7. The van der Waals surface area contributed by atoms with Crippen LogP contribution in [-0.2, 0) is 14.3 Å². The Morgan fingerprint density at radius 1 is 0.329 bits per heavy atom. The molecule has 0 rings (SSSR count). The molecule has 0 fully saturated rings. The Labute approximate surface area is 514 Å². The minimum absolute atomic E-state index is 0.0128. The Kier molecular flexibility index (Phi) is 70.8. The number of esters is 1. The maximum absolute atomic E-state index is 12.6. The van der Waals surface area contributed by atoms with Gasteiger partial charge in [-0.05, 0) is 51.4 Å². The fourth-order valence-corrected chi connectivity index (χ4v) is 12.3. The normalized spacial score (nSPS) is 12.5. The van der Waals surface area contributed by atoms with Gasteiger partial charge in [0.2, 0.25) is 5.91 Å². The second kappa shape index (κ2) is 72.1. The lowest BCUT2D eigenvalue weighted by molar-refractivity contribution is -0.143. The first kappa shape index (κ1) is 80.6. The van der Waals surface area contributed by atoms with E-state index in [0.717, 1.165) is 44.9 Å². The number of rotatable bonds is 72. The van der Waals surface area contributed by atoms with Gasteiger partial charge in [0, 0.05) is 12.8 Å². The van der Waals surface area contributed by atoms with E-state index in [1.54, 1.807) is 0 Å². The maximum Gasteiger partial charge on any atom is 0.305 e. The highest BCUT2D eigenvalue weighted by Gasteiger charge is 2.20. The van der Waals surface area contributed by atoms with E-state index < -0.39 is 12.1 Å². The van der Waals surface area contributed by atoms with Crippen LogP contribution in [-0.4, -0.2) is 47.4 Å². The van der Waals surface area contributed by atoms with Crippen molar-refractivity contribution in [2.24, 2.45) is 0 Å². The van der Waals surface area contributed by atoms with Gasteiger partial charge in [-0.1, -0.05) is 386 Å². The lowest BCUT2D eigenvalue weighted by Crippen LogP contribution is -2.45. The second-order valence-electron chi connectivity index (χ2n) is 26.3. The average Bonchev–Trinajstić information content (AvgIpc) is 3.48. The standard InChI is InChI=1S/C76H149NO5/c1-3-5-7-9-11-13-15-17-19-20-21-31-34-37-41-44-48-52-56-60-64-68-74(79)73(72-78)77-75(80)69-65-61-57-53-49-45-42-38-35-32-29-27-25-23-22-24-26-28-30-33-36-39-43-47-51-55-59-63-67-71-82-76(81)70-66-62-58-54-50-46-40-18-16-14-12-10-8-6-4-2/h18,40,73-74,78-79H,3-17,19-39,41-72H2,1-2H3,(H,77,80)/b40-18-. The molecule has 0 aliphatic carbocycles. The molecule has 0 aliphatic heterocycles. The van der Waals surface area contributed by atoms with E-state index in [4.69, 9.17) is 4.74 Å². The largest absolute Gasteiger partial charge is 0.466 e. The Hall–Kier alpha value is -1.40. The Morgan fingerprint density at radius 3 is 0.866 bits per heavy atom. The number of carbonyl (C=O) groups excluding carboxylic acids is 2. The van der Waals surface area contributed by atoms with E-state index in [0.29, 0.717) is 25.9 Å². The molecule has 0 bridgehead atoms. The molecule has 0 radical (unpaired) electrons. The molecule has 0 aromatic heterocycles. The Balaban J connectivity index is 3.34. The van der Waals surface area contributed by atoms with Crippen LogP contribution in [0.1, 0.15) is 438 Å². The van der Waals surface area contributed by atoms with E-state index >= 15 is 0 Å². The number of allylic oxidation sites excluding steroid dienone is 2. The van der Waals surface area contributed by atoms with Crippen LogP contribution in [0.4, 0.5) is 0 Å². The molecule has 2 atom stereocenters. The topological polar surface area (TPSA) is 95.9 Å². The van der Waals surface area contributed by atoms with Crippen molar-refractivity contribution in [2.75, 3.05) is 13.2 Å². The summed E-state index contributed by atoms with van der Waals surface area (Å²) in [6.07, 6.45) is 90.0. The fraction of sp³-hybridized carbons (Fsp3) is 0.947. The first-order valence-electron chi connectivity index (χ1n) is 37.9. The summed E-state index contributed by atoms with van der Waals surface area (Å²) in [5.74, 6) is -0.0133. The monoisotopic (exact) mass is 1160 g/mol. The predicted molar refractivity (Wildman–Crippen MR) is 361 cm³/mol. The van der Waals surface area contributed by atoms with Gasteiger partial charge < -0.3 is 20.3 Å². The molecular formula is C76H149NO5. The van der Waals surface area contributed by atoms with E-state index in [1.165, 1.54) is 360 Å². The van der Waals surface area contributed by atoms with Crippen molar-refractivity contribution in [3.63, 3.8) is 0 Å². The zero-order valence-corrected chi connectivity index (χ0v) is 56.0. The second-order valence-corrected chi connectivity index (χ2v) is 26.3. The van der Waals surface area contributed by atoms with Gasteiger partial charge in [-0.15, -0.1) is 0 Å². The van der Waals surface area contributed by atoms with Crippen molar-refractivity contribution >= 4 is 11.9 Å². The van der Waals surface area contributed by atoms with E-state index in [9.17, 15) is 19.8 Å². The molecule has 1 amide bonds. The first-order chi connectivity index (χ1) is 40.5. The van der Waals surface area contributed by atoms with Crippen LogP contribution in [0.25, 0.3) is 0 Å². The van der Waals surface area contributed by atoms with Gasteiger partial charge in [0.15, 0.2) is 0 Å². The van der Waals surface area contributed by atoms with Crippen molar-refractivity contribution in [1.82, 2.24) is 5.32 Å². The molecular weight excluding hydrogens is 1010 g/mol. The highest BCUT2D eigenvalue weighted by Crippen LogP contribution is 2.20. The van der Waals surface area contributed by atoms with Crippen LogP contribution in [0, 0.1) is 0 Å². The molecule has 0 saturated heterocycles. The van der Waals surface area contributed by atoms with Gasteiger partial charge in [0.1, 0.15) is 0 Å². The number of carbonyl (C=O) groups is 2. The molecule has 3 N–H and O–H groups in total. The van der Waals surface area contributed by atoms with Crippen molar-refractivity contribution in [2.45, 2.75) is 450 Å². The molecule has 2 unspecified atom stereocenters. The fourth-order valence-electron chi connectivity index (χ4n) is 12.3. The van der Waals surface area contributed by atoms with E-state index in [2.05, 4.69) is 31.3 Å². The molecule has 6 nitrogen and oxygen atoms in total. The third kappa shape index (κ3) is 67.7. The van der Waals surface area contributed by atoms with E-state index in [-0.39, 0.29) is 18.5 Å². The minimum Gasteiger partial charge on any atom is -0.466 e. The summed E-state index contributed by atoms with van der Waals surface area (Å²) in [5, 5.41) is 23.4. The molecule has 0 aromatic carbocycles. The molecule has 6 heteroatoms. The molecule has 0 saturated carbocycles. The number of ether oxygens (including phenoxy) is 1. The summed E-state index contributed by atoms with van der Waals surface area (Å²) in [6, 6.07) is -0.539. The summed E-state index contributed by atoms with van der Waals surface area (Å²) < 4.78 is 5.50. The molecule has 0 aromatic rings. The number of hydrogen-bond acceptors (Lipinski definition) is 5. The van der Waals surface area contributed by atoms with Gasteiger partial charge in [-0.2, -0.15) is 0 Å². The molecule has 488 valence electrons. The number of hydrogen-bond donors (Lipinski definition) is 3. The Bertz CT molecular complexity index is 1240. The van der Waals surface area contributed by atoms with Crippen molar-refractivity contribution in [3.05, 3.63) is 12.2 Å². The zero-order chi connectivity index (χ0) is 59.2. The summed E-state index contributed by atoms with van der Waals surface area (Å²) in [6.45, 7) is 5.00. The van der Waals surface area contributed by atoms with Crippen LogP contribution in [0.2, 0.25) is 0 Å². The maximum atomic E-state index is 12.6. The van der Waals surface area contributed by atoms with Gasteiger partial charge in [-0.25, -0.2) is 0 Å². The van der Waals surface area contributed by atoms with Gasteiger partial charge in [0.25, 0.3) is 0 Å². The summed E-state index contributed by atoms with van der Waals surface area (Å²) in [7, 11) is 0. The molecule has 82 heavy (non-hydrogen) atoms. The third-order valence-electron chi connectivity index (χ3n) is 18.1. The zero-order valence-electron chi connectivity index (χ0n) is 56.0. The van der Waals surface area contributed by atoms with Crippen LogP contribution < -0.4 is 5.32 Å². The van der Waals surface area contributed by atoms with Crippen LogP contribution in [0.15, 0.2) is 12.2 Å². The lowest BCUT2D eigenvalue weighted by atomic mass is 10.0. The highest BCUT2D eigenvalue weighted by atomic mass is 16.5. The smallest absolute Gasteiger partial charge is 0.305 e. The molecule has 0 aliphatic rings. The summed E-state index contributed by atoms with van der Waals surface area (Å²) in [5.41, 5.74) is 0. The van der Waals surface area contributed by atoms with Gasteiger partial charge >= 0.3 is 5.97 Å². The third-order valence-corrected chi connectivity index (χ3v) is 18.1. The first-order valence-corrected chi connectivity index (χ1v) is 37.9. The number of nitrogens with one attached hydrogen (secondary N) is 1. The van der Waals surface area contributed by atoms with Crippen molar-refractivity contribution in [1.29, 1.82) is 0 Å². The molecule has 0 heterocycles. The quantitative estimate of drug-likeness (QED) is 0.0320. The van der Waals surface area contributed by atoms with Crippen molar-refractivity contribution < 1.29 is 24.5 Å². The highest BCUT2D eigenvalue weighted by molar-refractivity contribution is 5.76. The van der Waals surface area contributed by atoms with Crippen molar-refractivity contribution in [3.8, 4) is 0 Å². The number of unbranched alkanes of at least 4 members (excludes halogenated alkanes) is 59. The number of amides is 1. The van der Waals surface area contributed by atoms with Gasteiger partial charge in [0.05, 0.1) is 25.4 Å². The Morgan fingerprint density at radius 2 is 0.573 bits per heavy atom. The SMILES string of the molecule is CCCCCCCC/C=C\CCCCCCCC(=O)OCCCCCCCCCCCCCCCCCCCCCCCCCCCCCCCC(=O)NC(CO)C(O)CCCCCCCCCCCCCCCCCCCCCCC. The van der Waals surface area contributed by atoms with E-state index in [1.807, 2.05) is 0 Å². The van der Waals surface area contributed by atoms with Crippen LogP contribution in [0.5, 0.6) is 0 Å². The summed E-state index contributed by atoms with van der Waals surface area (Å²) in [4.78, 5) is 24.6. The number of aliphatic hydroxyl groups excluding tert-OH is 2. The minimum atomic E-state index is -0.662. The van der Waals surface area contributed by atoms with Gasteiger partial charge in [-0.3, -0.25) is 9.59 Å². The van der Waals surface area contributed by atoms with Crippen LogP contribution >= 0.6 is 0 Å². The summed E-state index contributed by atoms with van der Waals surface area (Å²) >= 11 is 0. The lowest BCUT2D eigenvalue weighted by Gasteiger charge is -2.22. The number of aliphatic hydroxyl groups is 2.